The van der Waals surface area contributed by atoms with Crippen molar-refractivity contribution in [3.05, 3.63) is 29.3 Å². The molecule has 0 spiro atoms. The molecule has 1 unspecified atom stereocenters. The summed E-state index contributed by atoms with van der Waals surface area (Å²) in [5, 5.41) is 10.3. The van der Waals surface area contributed by atoms with Crippen LogP contribution in [0.2, 0.25) is 0 Å². The summed E-state index contributed by atoms with van der Waals surface area (Å²) in [6, 6.07) is 6.40. The highest BCUT2D eigenvalue weighted by Gasteiger charge is 2.38. The Hall–Kier alpha value is -1.02. The van der Waals surface area contributed by atoms with Gasteiger partial charge in [-0.25, -0.2) is 0 Å². The van der Waals surface area contributed by atoms with E-state index in [-0.39, 0.29) is 5.92 Å². The third-order valence-electron chi connectivity index (χ3n) is 3.63. The molecule has 0 aromatic heterocycles. The van der Waals surface area contributed by atoms with Crippen LogP contribution >= 0.6 is 0 Å². The molecule has 2 rings (SSSR count). The molecule has 88 valence electrons. The van der Waals surface area contributed by atoms with Gasteiger partial charge in [0.25, 0.3) is 0 Å². The fourth-order valence-corrected chi connectivity index (χ4v) is 2.68. The number of likely N-dealkylation sites (N-methyl/N-ethyl adjacent to an activating group) is 1. The van der Waals surface area contributed by atoms with Gasteiger partial charge in [0.05, 0.1) is 5.60 Å². The summed E-state index contributed by atoms with van der Waals surface area (Å²) < 4.78 is 0. The number of benzene rings is 1. The lowest BCUT2D eigenvalue weighted by molar-refractivity contribution is 0.0547. The van der Waals surface area contributed by atoms with Crippen LogP contribution in [0, 0.1) is 6.92 Å². The van der Waals surface area contributed by atoms with Crippen LogP contribution in [-0.2, 0) is 0 Å². The predicted molar refractivity (Wildman–Crippen MR) is 68.1 cm³/mol. The maximum absolute atomic E-state index is 10.3. The van der Waals surface area contributed by atoms with Crippen molar-refractivity contribution in [1.82, 2.24) is 0 Å². The Morgan fingerprint density at radius 3 is 2.69 bits per heavy atom. The third-order valence-corrected chi connectivity index (χ3v) is 3.63. The molecule has 1 aliphatic rings. The molecule has 1 N–H and O–H groups in total. The topological polar surface area (TPSA) is 23.5 Å². The van der Waals surface area contributed by atoms with Crippen LogP contribution in [0.5, 0.6) is 0 Å². The molecule has 2 heteroatoms. The van der Waals surface area contributed by atoms with Gasteiger partial charge in [-0.1, -0.05) is 12.1 Å². The van der Waals surface area contributed by atoms with Crippen LogP contribution in [0.25, 0.3) is 0 Å². The van der Waals surface area contributed by atoms with Gasteiger partial charge in [-0.2, -0.15) is 0 Å². The SMILES string of the molecule is CCN1CC(C(C)(C)O)c2c(C)cccc21. The third kappa shape index (κ3) is 1.71. The Balaban J connectivity index is 2.52. The Bertz CT molecular complexity index is 392. The van der Waals surface area contributed by atoms with Crippen molar-refractivity contribution in [3.8, 4) is 0 Å². The summed E-state index contributed by atoms with van der Waals surface area (Å²) >= 11 is 0. The summed E-state index contributed by atoms with van der Waals surface area (Å²) in [5.41, 5.74) is 3.28. The van der Waals surface area contributed by atoms with Gasteiger partial charge in [-0.15, -0.1) is 0 Å². The molecular weight excluding hydrogens is 198 g/mol. The zero-order valence-electron chi connectivity index (χ0n) is 10.6. The molecule has 0 fully saturated rings. The Labute approximate surface area is 97.9 Å². The van der Waals surface area contributed by atoms with Crippen molar-refractivity contribution >= 4 is 5.69 Å². The predicted octanol–water partition coefficient (Wildman–Crippen LogP) is 2.69. The number of aryl methyl sites for hydroxylation is 1. The van der Waals surface area contributed by atoms with Crippen LogP contribution < -0.4 is 4.90 Å². The van der Waals surface area contributed by atoms with E-state index in [1.165, 1.54) is 16.8 Å². The lowest BCUT2D eigenvalue weighted by Crippen LogP contribution is -2.33. The van der Waals surface area contributed by atoms with Gasteiger partial charge in [-0.3, -0.25) is 0 Å². The molecule has 1 atom stereocenters. The van der Waals surface area contributed by atoms with Crippen molar-refractivity contribution in [2.75, 3.05) is 18.0 Å². The zero-order chi connectivity index (χ0) is 11.9. The summed E-state index contributed by atoms with van der Waals surface area (Å²) in [7, 11) is 0. The van der Waals surface area contributed by atoms with Gasteiger partial charge in [0.2, 0.25) is 0 Å². The van der Waals surface area contributed by atoms with Crippen LogP contribution in [0.15, 0.2) is 18.2 Å². The second kappa shape index (κ2) is 3.77. The first-order valence-corrected chi connectivity index (χ1v) is 6.02. The average molecular weight is 219 g/mol. The summed E-state index contributed by atoms with van der Waals surface area (Å²) in [6.07, 6.45) is 0. The fourth-order valence-electron chi connectivity index (χ4n) is 2.68. The standard InChI is InChI=1S/C14H21NO/c1-5-15-9-11(14(3,4)16)13-10(2)7-6-8-12(13)15/h6-8,11,16H,5,9H2,1-4H3. The summed E-state index contributed by atoms with van der Waals surface area (Å²) in [6.45, 7) is 10.1. The molecule has 2 nitrogen and oxygen atoms in total. The number of fused-ring (bicyclic) bond motifs is 1. The Morgan fingerprint density at radius 1 is 1.44 bits per heavy atom. The van der Waals surface area contributed by atoms with Crippen molar-refractivity contribution in [2.45, 2.75) is 39.2 Å². The number of aliphatic hydroxyl groups is 1. The molecule has 0 amide bonds. The molecular formula is C14H21NO. The second-order valence-corrected chi connectivity index (χ2v) is 5.25. The van der Waals surface area contributed by atoms with E-state index in [9.17, 15) is 5.11 Å². The fraction of sp³-hybridized carbons (Fsp3) is 0.571. The second-order valence-electron chi connectivity index (χ2n) is 5.25. The maximum atomic E-state index is 10.3. The molecule has 1 aromatic carbocycles. The van der Waals surface area contributed by atoms with E-state index in [1.54, 1.807) is 0 Å². The quantitative estimate of drug-likeness (QED) is 0.826. The first-order chi connectivity index (χ1) is 7.45. The van der Waals surface area contributed by atoms with Gasteiger partial charge in [-0.05, 0) is 44.9 Å². The number of anilines is 1. The molecule has 0 aliphatic carbocycles. The van der Waals surface area contributed by atoms with E-state index in [0.29, 0.717) is 0 Å². The van der Waals surface area contributed by atoms with E-state index in [0.717, 1.165) is 13.1 Å². The van der Waals surface area contributed by atoms with E-state index in [2.05, 4.69) is 36.9 Å². The molecule has 1 aromatic rings. The maximum Gasteiger partial charge on any atom is 0.0677 e. The molecule has 16 heavy (non-hydrogen) atoms. The highest BCUT2D eigenvalue weighted by Crippen LogP contribution is 2.43. The summed E-state index contributed by atoms with van der Waals surface area (Å²) in [5.74, 6) is 0.226. The number of nitrogens with zero attached hydrogens (tertiary/aromatic N) is 1. The van der Waals surface area contributed by atoms with Crippen LogP contribution in [0.1, 0.15) is 37.8 Å². The van der Waals surface area contributed by atoms with Gasteiger partial charge < -0.3 is 10.0 Å². The van der Waals surface area contributed by atoms with Gasteiger partial charge in [0.1, 0.15) is 0 Å². The molecule has 0 radical (unpaired) electrons. The van der Waals surface area contributed by atoms with E-state index >= 15 is 0 Å². The van der Waals surface area contributed by atoms with Crippen LogP contribution in [0.3, 0.4) is 0 Å². The van der Waals surface area contributed by atoms with Crippen molar-refractivity contribution < 1.29 is 5.11 Å². The van der Waals surface area contributed by atoms with Crippen LogP contribution in [-0.4, -0.2) is 23.8 Å². The van der Waals surface area contributed by atoms with Crippen molar-refractivity contribution in [3.63, 3.8) is 0 Å². The number of hydrogen-bond acceptors (Lipinski definition) is 2. The van der Waals surface area contributed by atoms with Gasteiger partial charge in [0.15, 0.2) is 0 Å². The number of rotatable bonds is 2. The first kappa shape index (κ1) is 11.5. The zero-order valence-corrected chi connectivity index (χ0v) is 10.6. The average Bonchev–Trinajstić information content (AvgIpc) is 2.57. The minimum absolute atomic E-state index is 0.226. The molecule has 0 saturated carbocycles. The first-order valence-electron chi connectivity index (χ1n) is 6.02. The summed E-state index contributed by atoms with van der Waals surface area (Å²) in [4.78, 5) is 2.35. The highest BCUT2D eigenvalue weighted by molar-refractivity contribution is 5.63. The van der Waals surface area contributed by atoms with E-state index in [4.69, 9.17) is 0 Å². The van der Waals surface area contributed by atoms with E-state index in [1.807, 2.05) is 13.8 Å². The normalized spacial score (nSPS) is 20.1. The molecule has 0 bridgehead atoms. The largest absolute Gasteiger partial charge is 0.390 e. The smallest absolute Gasteiger partial charge is 0.0677 e. The Kier molecular flexibility index (Phi) is 2.70. The van der Waals surface area contributed by atoms with Gasteiger partial charge >= 0.3 is 0 Å². The van der Waals surface area contributed by atoms with Crippen LogP contribution in [0.4, 0.5) is 5.69 Å². The lowest BCUT2D eigenvalue weighted by atomic mass is 9.84. The lowest BCUT2D eigenvalue weighted by Gasteiger charge is -2.27. The molecule has 1 heterocycles. The van der Waals surface area contributed by atoms with E-state index < -0.39 is 5.60 Å². The minimum atomic E-state index is -0.648. The van der Waals surface area contributed by atoms with Crippen molar-refractivity contribution in [2.24, 2.45) is 0 Å². The van der Waals surface area contributed by atoms with Crippen molar-refractivity contribution in [1.29, 1.82) is 0 Å². The molecule has 1 aliphatic heterocycles. The highest BCUT2D eigenvalue weighted by atomic mass is 16.3. The Morgan fingerprint density at radius 2 is 2.12 bits per heavy atom. The molecule has 0 saturated heterocycles. The number of hydrogen-bond donors (Lipinski definition) is 1. The monoisotopic (exact) mass is 219 g/mol. The minimum Gasteiger partial charge on any atom is -0.390 e. The van der Waals surface area contributed by atoms with Gasteiger partial charge in [0, 0.05) is 24.7 Å².